The Bertz CT molecular complexity index is 2070. The number of hydrogen-bond acceptors (Lipinski definition) is 6. The number of anilines is 2. The first kappa shape index (κ1) is 30.1. The van der Waals surface area contributed by atoms with E-state index in [2.05, 4.69) is 26.1 Å². The fourth-order valence-electron chi connectivity index (χ4n) is 6.32. The lowest BCUT2D eigenvalue weighted by molar-refractivity contribution is -0.122. The number of carbonyl (C=O) groups is 3. The summed E-state index contributed by atoms with van der Waals surface area (Å²) in [7, 11) is 0. The van der Waals surface area contributed by atoms with Crippen molar-refractivity contribution in [1.29, 1.82) is 0 Å². The van der Waals surface area contributed by atoms with Gasteiger partial charge in [-0.15, -0.1) is 0 Å². The minimum atomic E-state index is -0.835. The number of amides is 3. The number of benzene rings is 4. The molecule has 0 aliphatic carbocycles. The van der Waals surface area contributed by atoms with Crippen molar-refractivity contribution in [1.82, 2.24) is 4.57 Å². The van der Waals surface area contributed by atoms with Crippen LogP contribution in [0.25, 0.3) is 10.8 Å². The molecule has 10 heteroatoms. The maximum absolute atomic E-state index is 14.1. The minimum Gasteiger partial charge on any atom is -0.324 e. The normalized spacial score (nSPS) is 19.3. The van der Waals surface area contributed by atoms with Gasteiger partial charge in [0.2, 0.25) is 17.7 Å². The number of thioether (sulfide) groups is 1. The molecule has 1 aromatic heterocycles. The number of hydrogen-bond donors (Lipinski definition) is 1. The van der Waals surface area contributed by atoms with E-state index in [1.807, 2.05) is 66.7 Å². The molecule has 3 amide bonds. The quantitative estimate of drug-likeness (QED) is 0.208. The molecule has 46 heavy (non-hydrogen) atoms. The van der Waals surface area contributed by atoms with Gasteiger partial charge in [-0.3, -0.25) is 23.7 Å². The Morgan fingerprint density at radius 2 is 1.57 bits per heavy atom. The molecule has 0 saturated carbocycles. The predicted molar refractivity (Wildman–Crippen MR) is 180 cm³/mol. The number of aromatic nitrogens is 1. The summed E-state index contributed by atoms with van der Waals surface area (Å²) in [4.78, 5) is 56.4. The monoisotopic (exact) mass is 651 g/mol. The number of halogens is 1. The molecule has 2 aliphatic heterocycles. The first-order valence-electron chi connectivity index (χ1n) is 14.9. The highest BCUT2D eigenvalue weighted by atomic mass is 32.2. The Labute approximate surface area is 273 Å². The maximum Gasteiger partial charge on any atom is 0.308 e. The van der Waals surface area contributed by atoms with Gasteiger partial charge in [0.25, 0.3) is 0 Å². The molecular formula is C36H30FN3O4S2. The standard InChI is InChI=1S/C36H30FN3O4S2/c1-36(2,3)22-13-11-21(12-14-22)28-29-30(33(43)40(32(29)42)24-17-15-23(37)16-18-24)45-34-31(28)46-35(44)39(34)19-27(41)38-26-10-6-8-20-7-4-5-9-25(20)26/h4-18,28-30H,19H2,1-3H3,(H,38,41)/t28-,29-,30+/m0/s1. The lowest BCUT2D eigenvalue weighted by Crippen LogP contribution is -2.33. The van der Waals surface area contributed by atoms with E-state index < -0.39 is 34.7 Å². The predicted octanol–water partition coefficient (Wildman–Crippen LogP) is 6.93. The highest BCUT2D eigenvalue weighted by Gasteiger charge is 2.56. The third-order valence-electron chi connectivity index (χ3n) is 8.64. The second-order valence-corrected chi connectivity index (χ2v) is 14.7. The van der Waals surface area contributed by atoms with Crippen LogP contribution in [-0.2, 0) is 26.3 Å². The van der Waals surface area contributed by atoms with Gasteiger partial charge in [-0.05, 0) is 52.3 Å². The van der Waals surface area contributed by atoms with Crippen LogP contribution in [0.4, 0.5) is 15.8 Å². The van der Waals surface area contributed by atoms with Crippen LogP contribution in [0.3, 0.4) is 0 Å². The second-order valence-electron chi connectivity index (χ2n) is 12.6. The molecular weight excluding hydrogens is 622 g/mol. The zero-order chi connectivity index (χ0) is 32.3. The SMILES string of the molecule is CC(C)(C)c1ccc([C@@H]2c3sc(=O)n(CC(=O)Nc4cccc5ccccc45)c3S[C@H]3C(=O)N(c4ccc(F)cc4)C(=O)[C@@H]23)cc1. The number of imide groups is 1. The van der Waals surface area contributed by atoms with Gasteiger partial charge in [0.1, 0.15) is 17.6 Å². The van der Waals surface area contributed by atoms with E-state index in [4.69, 9.17) is 0 Å². The van der Waals surface area contributed by atoms with Gasteiger partial charge in [0.05, 0.1) is 16.6 Å². The smallest absolute Gasteiger partial charge is 0.308 e. The van der Waals surface area contributed by atoms with Crippen molar-refractivity contribution in [3.63, 3.8) is 0 Å². The van der Waals surface area contributed by atoms with Gasteiger partial charge in [-0.25, -0.2) is 9.29 Å². The van der Waals surface area contributed by atoms with E-state index in [0.29, 0.717) is 21.3 Å². The molecule has 7 rings (SSSR count). The molecule has 2 aliphatic rings. The fourth-order valence-corrected chi connectivity index (χ4v) is 9.09. The van der Waals surface area contributed by atoms with Gasteiger partial charge < -0.3 is 5.32 Å². The number of fused-ring (bicyclic) bond motifs is 3. The van der Waals surface area contributed by atoms with Crippen LogP contribution >= 0.6 is 23.1 Å². The molecule has 1 N–H and O–H groups in total. The number of thiazole rings is 1. The topological polar surface area (TPSA) is 88.5 Å². The van der Waals surface area contributed by atoms with E-state index >= 15 is 0 Å². The molecule has 0 bridgehead atoms. The third-order valence-corrected chi connectivity index (χ3v) is 11.2. The van der Waals surface area contributed by atoms with Gasteiger partial charge in [-0.1, -0.05) is 105 Å². The minimum absolute atomic E-state index is 0.0985. The van der Waals surface area contributed by atoms with E-state index in [1.165, 1.54) is 28.8 Å². The summed E-state index contributed by atoms with van der Waals surface area (Å²) >= 11 is 2.16. The second kappa shape index (κ2) is 11.4. The van der Waals surface area contributed by atoms with Crippen LogP contribution in [0.1, 0.15) is 42.7 Å². The molecule has 0 radical (unpaired) electrons. The Morgan fingerprint density at radius 1 is 0.870 bits per heavy atom. The number of nitrogens with one attached hydrogen (secondary N) is 1. The average molecular weight is 652 g/mol. The lowest BCUT2D eigenvalue weighted by Gasteiger charge is -2.31. The first-order chi connectivity index (χ1) is 22.0. The van der Waals surface area contributed by atoms with Crippen molar-refractivity contribution in [3.8, 4) is 0 Å². The fraction of sp³-hybridized carbons (Fsp3) is 0.222. The summed E-state index contributed by atoms with van der Waals surface area (Å²) in [5.74, 6) is -3.05. The van der Waals surface area contributed by atoms with Crippen LogP contribution in [0.5, 0.6) is 0 Å². The molecule has 3 heterocycles. The summed E-state index contributed by atoms with van der Waals surface area (Å²) in [5.41, 5.74) is 2.74. The first-order valence-corrected chi connectivity index (χ1v) is 16.6. The van der Waals surface area contributed by atoms with Crippen molar-refractivity contribution in [3.05, 3.63) is 122 Å². The van der Waals surface area contributed by atoms with Crippen LogP contribution in [0.2, 0.25) is 0 Å². The third kappa shape index (κ3) is 5.15. The average Bonchev–Trinajstić information content (AvgIpc) is 3.47. The van der Waals surface area contributed by atoms with E-state index in [9.17, 15) is 23.6 Å². The Balaban J connectivity index is 1.29. The van der Waals surface area contributed by atoms with Gasteiger partial charge in [0.15, 0.2) is 0 Å². The molecule has 4 aromatic carbocycles. The number of carbonyl (C=O) groups excluding carboxylic acids is 3. The Hall–Kier alpha value is -4.54. The number of nitrogens with zero attached hydrogens (tertiary/aromatic N) is 2. The molecule has 1 fully saturated rings. The van der Waals surface area contributed by atoms with Gasteiger partial charge in [-0.2, -0.15) is 0 Å². The van der Waals surface area contributed by atoms with Crippen molar-refractivity contribution in [2.24, 2.45) is 5.92 Å². The summed E-state index contributed by atoms with van der Waals surface area (Å²) in [6.45, 7) is 6.09. The molecule has 7 nitrogen and oxygen atoms in total. The van der Waals surface area contributed by atoms with Crippen molar-refractivity contribution in [2.75, 3.05) is 10.2 Å². The van der Waals surface area contributed by atoms with Crippen LogP contribution in [0, 0.1) is 11.7 Å². The number of rotatable bonds is 5. The summed E-state index contributed by atoms with van der Waals surface area (Å²) in [6, 6.07) is 26.6. The molecule has 232 valence electrons. The van der Waals surface area contributed by atoms with E-state index in [0.717, 1.165) is 49.9 Å². The van der Waals surface area contributed by atoms with E-state index in [1.54, 1.807) is 0 Å². The van der Waals surface area contributed by atoms with E-state index in [-0.39, 0.29) is 22.7 Å². The highest BCUT2D eigenvalue weighted by molar-refractivity contribution is 8.00. The van der Waals surface area contributed by atoms with Crippen molar-refractivity contribution >= 4 is 63.0 Å². The van der Waals surface area contributed by atoms with Gasteiger partial charge in [0, 0.05) is 21.9 Å². The van der Waals surface area contributed by atoms with Crippen LogP contribution in [0.15, 0.2) is 101 Å². The lowest BCUT2D eigenvalue weighted by atomic mass is 9.81. The zero-order valence-corrected chi connectivity index (χ0v) is 27.0. The molecule has 3 atom stereocenters. The van der Waals surface area contributed by atoms with Crippen molar-refractivity contribution in [2.45, 2.75) is 48.9 Å². The van der Waals surface area contributed by atoms with Crippen molar-refractivity contribution < 1.29 is 18.8 Å². The summed E-state index contributed by atoms with van der Waals surface area (Å²) in [6.07, 6.45) is 0. The molecule has 5 aromatic rings. The molecule has 1 saturated heterocycles. The Kier molecular flexibility index (Phi) is 7.44. The summed E-state index contributed by atoms with van der Waals surface area (Å²) < 4.78 is 15.2. The highest BCUT2D eigenvalue weighted by Crippen LogP contribution is 2.54. The van der Waals surface area contributed by atoms with Crippen LogP contribution in [-0.4, -0.2) is 27.5 Å². The maximum atomic E-state index is 14.1. The summed E-state index contributed by atoms with van der Waals surface area (Å²) in [5, 5.41) is 4.48. The molecule has 0 spiro atoms. The zero-order valence-electron chi connectivity index (χ0n) is 25.3. The largest absolute Gasteiger partial charge is 0.324 e. The molecule has 0 unspecified atom stereocenters. The van der Waals surface area contributed by atoms with Crippen LogP contribution < -0.4 is 15.1 Å². The Morgan fingerprint density at radius 3 is 2.28 bits per heavy atom. The van der Waals surface area contributed by atoms with Gasteiger partial charge >= 0.3 is 4.87 Å².